The number of hydrogen-bond donors (Lipinski definition) is 2. The average Bonchev–Trinajstić information content (AvgIpc) is 2.77. The molecule has 1 saturated heterocycles. The van der Waals surface area contributed by atoms with Crippen LogP contribution in [0.1, 0.15) is 36.2 Å². The number of benzene rings is 1. The number of carbonyl (C=O) groups is 2. The van der Waals surface area contributed by atoms with Crippen molar-refractivity contribution in [3.8, 4) is 0 Å². The van der Waals surface area contributed by atoms with Gasteiger partial charge in [0, 0.05) is 13.0 Å². The van der Waals surface area contributed by atoms with Crippen LogP contribution >= 0.6 is 12.6 Å². The Morgan fingerprint density at radius 1 is 1.38 bits per heavy atom. The van der Waals surface area contributed by atoms with Crippen LogP contribution in [0.3, 0.4) is 0 Å². The van der Waals surface area contributed by atoms with Gasteiger partial charge in [0.2, 0.25) is 0 Å². The van der Waals surface area contributed by atoms with E-state index in [0.717, 1.165) is 10.5 Å². The van der Waals surface area contributed by atoms with Crippen LogP contribution in [0.5, 0.6) is 0 Å². The SMILES string of the molecule is CC.O=C(O)c1ccc(CCN2C(=O)C(F)(F)CC2/C=C/S)cc1. The fourth-order valence-corrected chi connectivity index (χ4v) is 2.62. The summed E-state index contributed by atoms with van der Waals surface area (Å²) in [5.41, 5.74) is 0.935. The van der Waals surface area contributed by atoms with E-state index >= 15 is 0 Å². The van der Waals surface area contributed by atoms with Crippen molar-refractivity contribution >= 4 is 24.5 Å². The van der Waals surface area contributed by atoms with Crippen LogP contribution in [0.2, 0.25) is 0 Å². The molecule has 0 spiro atoms. The first-order valence-electron chi connectivity index (χ1n) is 7.67. The number of carbonyl (C=O) groups excluding carboxylic acids is 1. The topological polar surface area (TPSA) is 57.6 Å². The van der Waals surface area contributed by atoms with Gasteiger partial charge in [0.1, 0.15) is 0 Å². The molecule has 0 radical (unpaired) electrons. The molecule has 1 amide bonds. The normalized spacial score (nSPS) is 19.3. The highest BCUT2D eigenvalue weighted by Crippen LogP contribution is 2.34. The van der Waals surface area contributed by atoms with Crippen LogP contribution in [0.25, 0.3) is 0 Å². The minimum Gasteiger partial charge on any atom is -0.478 e. The lowest BCUT2D eigenvalue weighted by Crippen LogP contribution is -2.37. The molecule has 1 aliphatic heterocycles. The Labute approximate surface area is 145 Å². The molecule has 1 aliphatic rings. The number of carboxylic acid groups (broad SMARTS) is 1. The quantitative estimate of drug-likeness (QED) is 0.791. The largest absolute Gasteiger partial charge is 0.478 e. The zero-order valence-corrected chi connectivity index (χ0v) is 14.5. The summed E-state index contributed by atoms with van der Waals surface area (Å²) >= 11 is 3.87. The number of likely N-dealkylation sites (tertiary alicyclic amines) is 1. The van der Waals surface area contributed by atoms with Gasteiger partial charge in [-0.25, -0.2) is 4.79 Å². The van der Waals surface area contributed by atoms with Crippen LogP contribution in [0.4, 0.5) is 8.78 Å². The van der Waals surface area contributed by atoms with Gasteiger partial charge in [0.05, 0.1) is 11.6 Å². The molecule has 132 valence electrons. The molecule has 4 nitrogen and oxygen atoms in total. The Morgan fingerprint density at radius 3 is 2.46 bits per heavy atom. The van der Waals surface area contributed by atoms with Crippen molar-refractivity contribution in [2.75, 3.05) is 6.54 Å². The summed E-state index contributed by atoms with van der Waals surface area (Å²) in [5.74, 6) is -5.54. The van der Waals surface area contributed by atoms with Crippen molar-refractivity contribution in [1.29, 1.82) is 0 Å². The predicted molar refractivity (Wildman–Crippen MR) is 91.6 cm³/mol. The van der Waals surface area contributed by atoms with Gasteiger partial charge >= 0.3 is 11.9 Å². The van der Waals surface area contributed by atoms with Crippen molar-refractivity contribution in [2.24, 2.45) is 0 Å². The van der Waals surface area contributed by atoms with Gasteiger partial charge in [-0.2, -0.15) is 21.4 Å². The molecule has 1 atom stereocenters. The number of aromatic carboxylic acids is 1. The summed E-state index contributed by atoms with van der Waals surface area (Å²) in [6, 6.07) is 5.46. The Kier molecular flexibility index (Phi) is 7.41. The molecular weight excluding hydrogens is 336 g/mol. The first kappa shape index (κ1) is 20.2. The highest BCUT2D eigenvalue weighted by molar-refractivity contribution is 7.83. The van der Waals surface area contributed by atoms with Gasteiger partial charge in [0.25, 0.3) is 5.91 Å². The molecule has 1 heterocycles. The first-order valence-corrected chi connectivity index (χ1v) is 8.19. The molecule has 7 heteroatoms. The predicted octanol–water partition coefficient (Wildman–Crippen LogP) is 3.63. The molecule has 2 rings (SSSR count). The number of rotatable bonds is 5. The van der Waals surface area contributed by atoms with Gasteiger partial charge < -0.3 is 10.0 Å². The number of halogens is 2. The van der Waals surface area contributed by atoms with Crippen molar-refractivity contribution in [3.05, 3.63) is 46.9 Å². The fraction of sp³-hybridized carbons (Fsp3) is 0.412. The zero-order chi connectivity index (χ0) is 18.3. The second-order valence-electron chi connectivity index (χ2n) is 5.07. The number of amides is 1. The third kappa shape index (κ3) is 4.80. The molecule has 1 aromatic rings. The fourth-order valence-electron chi connectivity index (χ4n) is 2.42. The van der Waals surface area contributed by atoms with Gasteiger partial charge in [0.15, 0.2) is 0 Å². The Balaban J connectivity index is 0.00000139. The van der Waals surface area contributed by atoms with Gasteiger partial charge in [-0.05, 0) is 29.5 Å². The monoisotopic (exact) mass is 357 g/mol. The molecule has 0 saturated carbocycles. The molecule has 1 fully saturated rings. The van der Waals surface area contributed by atoms with Gasteiger partial charge in [-0.15, -0.1) is 0 Å². The highest BCUT2D eigenvalue weighted by atomic mass is 32.1. The van der Waals surface area contributed by atoms with E-state index in [1.807, 2.05) is 13.8 Å². The molecule has 1 N–H and O–H groups in total. The third-order valence-electron chi connectivity index (χ3n) is 3.59. The first-order chi connectivity index (χ1) is 11.3. The summed E-state index contributed by atoms with van der Waals surface area (Å²) in [6.07, 6.45) is 1.30. The Bertz CT molecular complexity index is 602. The molecule has 0 bridgehead atoms. The van der Waals surface area contributed by atoms with Crippen LogP contribution in [-0.4, -0.2) is 40.4 Å². The number of thiol groups is 1. The lowest BCUT2D eigenvalue weighted by Gasteiger charge is -2.21. The molecule has 0 aromatic heterocycles. The van der Waals surface area contributed by atoms with Crippen molar-refractivity contribution in [2.45, 2.75) is 38.7 Å². The van der Waals surface area contributed by atoms with Crippen LogP contribution in [0.15, 0.2) is 35.7 Å². The highest BCUT2D eigenvalue weighted by Gasteiger charge is 2.52. The standard InChI is InChI=1S/C15H15F2NO3S.C2H6/c16-15(17)9-12(6-8-22)18(14(15)21)7-5-10-1-3-11(4-2-10)13(19)20;1-2/h1-4,6,8,12,22H,5,7,9H2,(H,19,20);1-2H3/b8-6+;. The second-order valence-corrected chi connectivity index (χ2v) is 5.37. The van der Waals surface area contributed by atoms with Crippen LogP contribution in [0, 0.1) is 0 Å². The van der Waals surface area contributed by atoms with Crippen LogP contribution < -0.4 is 0 Å². The number of alkyl halides is 2. The lowest BCUT2D eigenvalue weighted by atomic mass is 10.1. The van der Waals surface area contributed by atoms with Gasteiger partial charge in [-0.1, -0.05) is 32.1 Å². The molecule has 0 aliphatic carbocycles. The summed E-state index contributed by atoms with van der Waals surface area (Å²) in [4.78, 5) is 23.6. The Morgan fingerprint density at radius 2 is 1.96 bits per heavy atom. The van der Waals surface area contributed by atoms with Gasteiger partial charge in [-0.3, -0.25) is 4.79 Å². The van der Waals surface area contributed by atoms with E-state index < -0.39 is 30.3 Å². The van der Waals surface area contributed by atoms with Crippen molar-refractivity contribution < 1.29 is 23.5 Å². The zero-order valence-electron chi connectivity index (χ0n) is 13.6. The van der Waals surface area contributed by atoms with E-state index in [4.69, 9.17) is 5.11 Å². The number of hydrogen-bond acceptors (Lipinski definition) is 3. The number of carboxylic acids is 1. The average molecular weight is 357 g/mol. The third-order valence-corrected chi connectivity index (χ3v) is 3.76. The van der Waals surface area contributed by atoms with E-state index in [0.29, 0.717) is 6.42 Å². The van der Waals surface area contributed by atoms with Crippen molar-refractivity contribution in [3.63, 3.8) is 0 Å². The number of nitrogens with zero attached hydrogens (tertiary/aromatic N) is 1. The molecular formula is C17H21F2NO3S. The smallest absolute Gasteiger partial charge is 0.335 e. The van der Waals surface area contributed by atoms with E-state index in [1.165, 1.54) is 23.6 Å². The molecule has 1 aromatic carbocycles. The minimum absolute atomic E-state index is 0.142. The maximum atomic E-state index is 13.5. The van der Waals surface area contributed by atoms with Crippen molar-refractivity contribution in [1.82, 2.24) is 4.90 Å². The Hall–Kier alpha value is -1.89. The summed E-state index contributed by atoms with van der Waals surface area (Å²) in [6.45, 7) is 4.14. The maximum absolute atomic E-state index is 13.5. The second kappa shape index (κ2) is 8.82. The minimum atomic E-state index is -3.34. The molecule has 24 heavy (non-hydrogen) atoms. The van der Waals surface area contributed by atoms with Crippen LogP contribution in [-0.2, 0) is 11.2 Å². The lowest BCUT2D eigenvalue weighted by molar-refractivity contribution is -0.148. The molecule has 1 unspecified atom stereocenters. The maximum Gasteiger partial charge on any atom is 0.335 e. The van der Waals surface area contributed by atoms with E-state index in [-0.39, 0.29) is 12.1 Å². The van der Waals surface area contributed by atoms with E-state index in [9.17, 15) is 18.4 Å². The summed E-state index contributed by atoms with van der Waals surface area (Å²) in [7, 11) is 0. The van der Waals surface area contributed by atoms with E-state index in [2.05, 4.69) is 12.6 Å². The van der Waals surface area contributed by atoms with E-state index in [1.54, 1.807) is 12.1 Å². The summed E-state index contributed by atoms with van der Waals surface area (Å²) < 4.78 is 27.0. The summed E-state index contributed by atoms with van der Waals surface area (Å²) in [5, 5.41) is 10.2.